The first kappa shape index (κ1) is 11.9. The molecule has 0 aromatic carbocycles. The van der Waals surface area contributed by atoms with Gasteiger partial charge in [-0.1, -0.05) is 0 Å². The fourth-order valence-corrected chi connectivity index (χ4v) is 3.83. The molecule has 2 unspecified atom stereocenters. The molecule has 2 bridgehead atoms. The van der Waals surface area contributed by atoms with Crippen LogP contribution >= 0.6 is 0 Å². The van der Waals surface area contributed by atoms with Crippen LogP contribution in [0, 0.1) is 5.92 Å². The number of nitrogens with zero attached hydrogens (tertiary/aromatic N) is 1. The molecule has 0 spiro atoms. The number of nitrogens with one attached hydrogen (secondary N) is 1. The molecule has 0 radical (unpaired) electrons. The highest BCUT2D eigenvalue weighted by Gasteiger charge is 2.37. The van der Waals surface area contributed by atoms with Crippen LogP contribution in [0.15, 0.2) is 0 Å². The summed E-state index contributed by atoms with van der Waals surface area (Å²) in [6, 6.07) is 1.42. The van der Waals surface area contributed by atoms with Gasteiger partial charge in [-0.05, 0) is 58.5 Å². The monoisotopic (exact) mass is 238 g/mol. The topological polar surface area (TPSA) is 24.5 Å². The van der Waals surface area contributed by atoms with Crippen molar-refractivity contribution in [3.63, 3.8) is 0 Å². The smallest absolute Gasteiger partial charge is 0.0641 e. The van der Waals surface area contributed by atoms with Crippen LogP contribution < -0.4 is 5.32 Å². The number of fused-ring (bicyclic) bond motifs is 3. The molecule has 3 heteroatoms. The summed E-state index contributed by atoms with van der Waals surface area (Å²) in [5.41, 5.74) is 0.0733. The van der Waals surface area contributed by atoms with E-state index in [-0.39, 0.29) is 5.60 Å². The molecule has 17 heavy (non-hydrogen) atoms. The first-order valence-electron chi connectivity index (χ1n) is 7.25. The average Bonchev–Trinajstić information content (AvgIpc) is 2.29. The quantitative estimate of drug-likeness (QED) is 0.791. The molecular weight excluding hydrogens is 212 g/mol. The van der Waals surface area contributed by atoms with Crippen LogP contribution in [0.3, 0.4) is 0 Å². The van der Waals surface area contributed by atoms with Gasteiger partial charge in [0.15, 0.2) is 0 Å². The minimum absolute atomic E-state index is 0.0733. The molecule has 0 aromatic heterocycles. The highest BCUT2D eigenvalue weighted by molar-refractivity contribution is 4.94. The van der Waals surface area contributed by atoms with Crippen molar-refractivity contribution in [3.05, 3.63) is 0 Å². The van der Waals surface area contributed by atoms with Crippen LogP contribution in [0.5, 0.6) is 0 Å². The van der Waals surface area contributed by atoms with Gasteiger partial charge in [0.1, 0.15) is 0 Å². The summed E-state index contributed by atoms with van der Waals surface area (Å²) >= 11 is 0. The van der Waals surface area contributed by atoms with Crippen LogP contribution in [0.25, 0.3) is 0 Å². The summed E-state index contributed by atoms with van der Waals surface area (Å²) in [7, 11) is 0. The Bertz CT molecular complexity index is 271. The molecule has 0 aromatic rings. The van der Waals surface area contributed by atoms with E-state index in [1.165, 1.54) is 38.9 Å². The Labute approximate surface area is 105 Å². The zero-order valence-corrected chi connectivity index (χ0v) is 11.2. The van der Waals surface area contributed by atoms with Gasteiger partial charge in [-0.2, -0.15) is 0 Å². The summed E-state index contributed by atoms with van der Waals surface area (Å²) in [4.78, 5) is 2.63. The van der Waals surface area contributed by atoms with E-state index < -0.39 is 0 Å². The van der Waals surface area contributed by atoms with E-state index in [9.17, 15) is 0 Å². The highest BCUT2D eigenvalue weighted by atomic mass is 16.5. The highest BCUT2D eigenvalue weighted by Crippen LogP contribution is 2.30. The second-order valence-corrected chi connectivity index (χ2v) is 6.71. The zero-order chi connectivity index (χ0) is 11.9. The third-order valence-electron chi connectivity index (χ3n) is 4.80. The molecule has 4 rings (SSSR count). The lowest BCUT2D eigenvalue weighted by molar-refractivity contribution is -0.0678. The lowest BCUT2D eigenvalue weighted by atomic mass is 9.82. The van der Waals surface area contributed by atoms with Crippen molar-refractivity contribution in [2.45, 2.75) is 57.2 Å². The Kier molecular flexibility index (Phi) is 3.18. The Balaban J connectivity index is 1.56. The van der Waals surface area contributed by atoms with Crippen LogP contribution in [0.4, 0.5) is 0 Å². The molecule has 4 fully saturated rings. The van der Waals surface area contributed by atoms with E-state index in [1.807, 2.05) is 0 Å². The lowest BCUT2D eigenvalue weighted by Gasteiger charge is -2.47. The molecule has 4 aliphatic rings. The van der Waals surface area contributed by atoms with Gasteiger partial charge in [-0.3, -0.25) is 0 Å². The SMILES string of the molecule is CC1(C)CC(NC2CN3CCC2CC3)CCO1. The molecule has 0 saturated carbocycles. The fraction of sp³-hybridized carbons (Fsp3) is 1.00. The van der Waals surface area contributed by atoms with Gasteiger partial charge in [0.25, 0.3) is 0 Å². The minimum atomic E-state index is 0.0733. The number of rotatable bonds is 2. The van der Waals surface area contributed by atoms with Crippen molar-refractivity contribution < 1.29 is 4.74 Å². The standard InChI is InChI=1S/C14H26N2O/c1-14(2)9-12(5-8-17-14)15-13-10-16-6-3-11(13)4-7-16/h11-13,15H,3-10H2,1-2H3. The number of hydrogen-bond donors (Lipinski definition) is 1. The molecule has 4 saturated heterocycles. The van der Waals surface area contributed by atoms with Gasteiger partial charge in [-0.15, -0.1) is 0 Å². The predicted octanol–water partition coefficient (Wildman–Crippen LogP) is 1.63. The maximum atomic E-state index is 5.80. The molecule has 98 valence electrons. The van der Waals surface area contributed by atoms with E-state index in [4.69, 9.17) is 4.74 Å². The summed E-state index contributed by atoms with van der Waals surface area (Å²) in [5, 5.41) is 3.92. The minimum Gasteiger partial charge on any atom is -0.375 e. The Morgan fingerprint density at radius 2 is 1.94 bits per heavy atom. The van der Waals surface area contributed by atoms with Crippen molar-refractivity contribution >= 4 is 0 Å². The van der Waals surface area contributed by atoms with E-state index in [1.54, 1.807) is 0 Å². The van der Waals surface area contributed by atoms with Crippen LogP contribution in [0.2, 0.25) is 0 Å². The van der Waals surface area contributed by atoms with Crippen molar-refractivity contribution in [3.8, 4) is 0 Å². The molecule has 4 heterocycles. The third-order valence-corrected chi connectivity index (χ3v) is 4.80. The maximum Gasteiger partial charge on any atom is 0.0641 e. The van der Waals surface area contributed by atoms with E-state index in [2.05, 4.69) is 24.1 Å². The van der Waals surface area contributed by atoms with Crippen LogP contribution in [0.1, 0.15) is 39.5 Å². The van der Waals surface area contributed by atoms with Crippen molar-refractivity contribution in [1.29, 1.82) is 0 Å². The van der Waals surface area contributed by atoms with Gasteiger partial charge in [-0.25, -0.2) is 0 Å². The molecular formula is C14H26N2O. The average molecular weight is 238 g/mol. The van der Waals surface area contributed by atoms with Crippen LogP contribution in [-0.4, -0.2) is 48.8 Å². The van der Waals surface area contributed by atoms with Gasteiger partial charge >= 0.3 is 0 Å². The molecule has 0 aliphatic carbocycles. The summed E-state index contributed by atoms with van der Waals surface area (Å²) in [6.45, 7) is 9.31. The first-order chi connectivity index (χ1) is 8.12. The Morgan fingerprint density at radius 1 is 1.18 bits per heavy atom. The lowest BCUT2D eigenvalue weighted by Crippen LogP contribution is -2.59. The maximum absolute atomic E-state index is 5.80. The van der Waals surface area contributed by atoms with Crippen molar-refractivity contribution in [2.75, 3.05) is 26.2 Å². The van der Waals surface area contributed by atoms with Gasteiger partial charge in [0.05, 0.1) is 5.60 Å². The van der Waals surface area contributed by atoms with Gasteiger partial charge in [0, 0.05) is 25.2 Å². The molecule has 4 aliphatic heterocycles. The molecule has 0 amide bonds. The van der Waals surface area contributed by atoms with Gasteiger partial charge in [0.2, 0.25) is 0 Å². The second kappa shape index (κ2) is 4.52. The predicted molar refractivity (Wildman–Crippen MR) is 69.1 cm³/mol. The Hall–Kier alpha value is -0.120. The molecule has 1 N–H and O–H groups in total. The van der Waals surface area contributed by atoms with E-state index in [0.717, 1.165) is 25.0 Å². The first-order valence-corrected chi connectivity index (χ1v) is 7.25. The Morgan fingerprint density at radius 3 is 2.53 bits per heavy atom. The summed E-state index contributed by atoms with van der Waals surface area (Å²) < 4.78 is 5.80. The molecule has 2 atom stereocenters. The van der Waals surface area contributed by atoms with Gasteiger partial charge < -0.3 is 15.0 Å². The van der Waals surface area contributed by atoms with Crippen molar-refractivity contribution in [2.24, 2.45) is 5.92 Å². The van der Waals surface area contributed by atoms with E-state index >= 15 is 0 Å². The fourth-order valence-electron chi connectivity index (χ4n) is 3.83. The van der Waals surface area contributed by atoms with Crippen molar-refractivity contribution in [1.82, 2.24) is 10.2 Å². The molecule has 3 nitrogen and oxygen atoms in total. The summed E-state index contributed by atoms with van der Waals surface area (Å²) in [6.07, 6.45) is 5.16. The number of hydrogen-bond acceptors (Lipinski definition) is 3. The van der Waals surface area contributed by atoms with E-state index in [0.29, 0.717) is 6.04 Å². The second-order valence-electron chi connectivity index (χ2n) is 6.71. The number of piperidine rings is 3. The number of ether oxygens (including phenoxy) is 1. The van der Waals surface area contributed by atoms with Crippen LogP contribution in [-0.2, 0) is 4.74 Å². The normalized spacial score (nSPS) is 44.8. The third kappa shape index (κ3) is 2.67. The zero-order valence-electron chi connectivity index (χ0n) is 11.2. The summed E-state index contributed by atoms with van der Waals surface area (Å²) in [5.74, 6) is 0.936. The largest absolute Gasteiger partial charge is 0.375 e.